The minimum Gasteiger partial charge on any atom is -0.356 e. The van der Waals surface area contributed by atoms with E-state index in [4.69, 9.17) is 5.73 Å². The fourth-order valence-corrected chi connectivity index (χ4v) is 2.36. The van der Waals surface area contributed by atoms with Crippen LogP contribution in [-0.4, -0.2) is 18.5 Å². The van der Waals surface area contributed by atoms with Crippen molar-refractivity contribution in [3.8, 4) is 0 Å². The summed E-state index contributed by atoms with van der Waals surface area (Å²) in [5.41, 5.74) is 6.09. The zero-order valence-electron chi connectivity index (χ0n) is 10.8. The maximum atomic E-state index is 11.9. The van der Waals surface area contributed by atoms with Crippen molar-refractivity contribution in [3.05, 3.63) is 0 Å². The first kappa shape index (κ1) is 13.5. The van der Waals surface area contributed by atoms with Gasteiger partial charge in [0.15, 0.2) is 0 Å². The van der Waals surface area contributed by atoms with Crippen molar-refractivity contribution in [1.29, 1.82) is 0 Å². The predicted molar refractivity (Wildman–Crippen MR) is 66.9 cm³/mol. The Morgan fingerprint density at radius 3 is 2.75 bits per heavy atom. The van der Waals surface area contributed by atoms with Crippen LogP contribution in [-0.2, 0) is 4.79 Å². The molecule has 3 N–H and O–H groups in total. The molecular formula is C13H26N2O. The van der Waals surface area contributed by atoms with Gasteiger partial charge < -0.3 is 11.1 Å². The van der Waals surface area contributed by atoms with Crippen molar-refractivity contribution in [2.45, 2.75) is 52.5 Å². The number of amides is 1. The fraction of sp³-hybridized carbons (Fsp3) is 0.923. The van der Waals surface area contributed by atoms with Gasteiger partial charge in [-0.15, -0.1) is 0 Å². The quantitative estimate of drug-likeness (QED) is 0.769. The fourth-order valence-electron chi connectivity index (χ4n) is 2.36. The van der Waals surface area contributed by atoms with Crippen LogP contribution in [0.4, 0.5) is 0 Å². The SMILES string of the molecule is CC(C)CCNC(=O)C1CCCC(C)C1N. The van der Waals surface area contributed by atoms with E-state index in [9.17, 15) is 4.79 Å². The molecule has 1 amide bonds. The summed E-state index contributed by atoms with van der Waals surface area (Å²) in [6.45, 7) is 7.27. The lowest BCUT2D eigenvalue weighted by Crippen LogP contribution is -2.47. The third-order valence-corrected chi connectivity index (χ3v) is 3.65. The Morgan fingerprint density at radius 1 is 1.44 bits per heavy atom. The van der Waals surface area contributed by atoms with Gasteiger partial charge in [0.2, 0.25) is 5.91 Å². The first-order valence-electron chi connectivity index (χ1n) is 6.55. The molecule has 16 heavy (non-hydrogen) atoms. The van der Waals surface area contributed by atoms with E-state index in [-0.39, 0.29) is 17.9 Å². The van der Waals surface area contributed by atoms with Crippen LogP contribution in [0.1, 0.15) is 46.5 Å². The molecular weight excluding hydrogens is 200 g/mol. The van der Waals surface area contributed by atoms with Crippen LogP contribution in [0.3, 0.4) is 0 Å². The van der Waals surface area contributed by atoms with E-state index in [2.05, 4.69) is 26.1 Å². The smallest absolute Gasteiger partial charge is 0.224 e. The minimum absolute atomic E-state index is 0.0379. The maximum Gasteiger partial charge on any atom is 0.224 e. The van der Waals surface area contributed by atoms with E-state index >= 15 is 0 Å². The highest BCUT2D eigenvalue weighted by Crippen LogP contribution is 2.27. The van der Waals surface area contributed by atoms with Gasteiger partial charge >= 0.3 is 0 Å². The summed E-state index contributed by atoms with van der Waals surface area (Å²) in [5.74, 6) is 1.32. The third-order valence-electron chi connectivity index (χ3n) is 3.65. The second kappa shape index (κ2) is 6.24. The Morgan fingerprint density at radius 2 is 2.12 bits per heavy atom. The normalized spacial score (nSPS) is 30.4. The van der Waals surface area contributed by atoms with Gasteiger partial charge in [0, 0.05) is 12.6 Å². The molecule has 1 saturated carbocycles. The molecule has 3 unspecified atom stereocenters. The Bertz CT molecular complexity index is 228. The van der Waals surface area contributed by atoms with E-state index in [1.165, 1.54) is 0 Å². The Kier molecular flexibility index (Phi) is 5.26. The lowest BCUT2D eigenvalue weighted by Gasteiger charge is -2.32. The van der Waals surface area contributed by atoms with E-state index < -0.39 is 0 Å². The molecule has 1 rings (SSSR count). The van der Waals surface area contributed by atoms with E-state index in [1.807, 2.05) is 0 Å². The molecule has 0 radical (unpaired) electrons. The molecule has 1 aliphatic rings. The second-order valence-corrected chi connectivity index (χ2v) is 5.57. The van der Waals surface area contributed by atoms with Crippen LogP contribution in [0.5, 0.6) is 0 Å². The molecule has 0 aromatic heterocycles. The molecule has 0 saturated heterocycles. The molecule has 1 aliphatic carbocycles. The number of carbonyl (C=O) groups excluding carboxylic acids is 1. The lowest BCUT2D eigenvalue weighted by molar-refractivity contribution is -0.127. The summed E-state index contributed by atoms with van der Waals surface area (Å²) in [4.78, 5) is 11.9. The molecule has 3 nitrogen and oxygen atoms in total. The van der Waals surface area contributed by atoms with Gasteiger partial charge in [0.1, 0.15) is 0 Å². The van der Waals surface area contributed by atoms with Crippen molar-refractivity contribution >= 4 is 5.91 Å². The number of hydrogen-bond donors (Lipinski definition) is 2. The Labute approximate surface area is 99.2 Å². The number of carbonyl (C=O) groups is 1. The first-order chi connectivity index (χ1) is 7.52. The highest BCUT2D eigenvalue weighted by molar-refractivity contribution is 5.79. The van der Waals surface area contributed by atoms with E-state index in [0.29, 0.717) is 11.8 Å². The largest absolute Gasteiger partial charge is 0.356 e. The van der Waals surface area contributed by atoms with Crippen molar-refractivity contribution in [1.82, 2.24) is 5.32 Å². The van der Waals surface area contributed by atoms with Crippen LogP contribution in [0, 0.1) is 17.8 Å². The molecule has 0 aromatic carbocycles. The van der Waals surface area contributed by atoms with Gasteiger partial charge in [-0.25, -0.2) is 0 Å². The van der Waals surface area contributed by atoms with Crippen LogP contribution in [0.15, 0.2) is 0 Å². The highest BCUT2D eigenvalue weighted by atomic mass is 16.1. The molecule has 0 heterocycles. The number of nitrogens with one attached hydrogen (secondary N) is 1. The number of hydrogen-bond acceptors (Lipinski definition) is 2. The minimum atomic E-state index is 0.0379. The average molecular weight is 226 g/mol. The summed E-state index contributed by atoms with van der Waals surface area (Å²) in [5, 5.41) is 3.02. The zero-order valence-corrected chi connectivity index (χ0v) is 10.8. The molecule has 3 atom stereocenters. The first-order valence-corrected chi connectivity index (χ1v) is 6.55. The molecule has 0 bridgehead atoms. The Hall–Kier alpha value is -0.570. The molecule has 94 valence electrons. The van der Waals surface area contributed by atoms with E-state index in [0.717, 1.165) is 32.2 Å². The summed E-state index contributed by atoms with van der Waals surface area (Å²) >= 11 is 0. The van der Waals surface area contributed by atoms with Crippen LogP contribution in [0.25, 0.3) is 0 Å². The molecule has 0 spiro atoms. The Balaban J connectivity index is 2.35. The molecule has 0 aliphatic heterocycles. The van der Waals surface area contributed by atoms with Gasteiger partial charge in [-0.2, -0.15) is 0 Å². The predicted octanol–water partition coefficient (Wildman–Crippen LogP) is 1.91. The van der Waals surface area contributed by atoms with Crippen LogP contribution < -0.4 is 11.1 Å². The van der Waals surface area contributed by atoms with Crippen molar-refractivity contribution in [3.63, 3.8) is 0 Å². The summed E-state index contributed by atoms with van der Waals surface area (Å²) in [7, 11) is 0. The lowest BCUT2D eigenvalue weighted by atomic mass is 9.78. The van der Waals surface area contributed by atoms with Crippen LogP contribution >= 0.6 is 0 Å². The van der Waals surface area contributed by atoms with Crippen molar-refractivity contribution < 1.29 is 4.79 Å². The van der Waals surface area contributed by atoms with Gasteiger partial charge in [0.05, 0.1) is 5.92 Å². The summed E-state index contributed by atoms with van der Waals surface area (Å²) < 4.78 is 0. The summed E-state index contributed by atoms with van der Waals surface area (Å²) in [6.07, 6.45) is 4.30. The van der Waals surface area contributed by atoms with E-state index in [1.54, 1.807) is 0 Å². The number of rotatable bonds is 4. The topological polar surface area (TPSA) is 55.1 Å². The molecule has 0 aromatic rings. The molecule has 1 fully saturated rings. The monoisotopic (exact) mass is 226 g/mol. The van der Waals surface area contributed by atoms with Crippen molar-refractivity contribution in [2.24, 2.45) is 23.5 Å². The average Bonchev–Trinajstić information content (AvgIpc) is 2.21. The van der Waals surface area contributed by atoms with Gasteiger partial charge in [-0.3, -0.25) is 4.79 Å². The van der Waals surface area contributed by atoms with Gasteiger partial charge in [0.25, 0.3) is 0 Å². The zero-order chi connectivity index (χ0) is 12.1. The van der Waals surface area contributed by atoms with Crippen molar-refractivity contribution in [2.75, 3.05) is 6.54 Å². The third kappa shape index (κ3) is 3.78. The summed E-state index contributed by atoms with van der Waals surface area (Å²) in [6, 6.07) is 0.0489. The second-order valence-electron chi connectivity index (χ2n) is 5.57. The number of nitrogens with two attached hydrogens (primary N) is 1. The molecule has 3 heteroatoms. The van der Waals surface area contributed by atoms with Crippen LogP contribution in [0.2, 0.25) is 0 Å². The van der Waals surface area contributed by atoms with Gasteiger partial charge in [-0.05, 0) is 31.1 Å². The highest BCUT2D eigenvalue weighted by Gasteiger charge is 2.32. The van der Waals surface area contributed by atoms with Gasteiger partial charge in [-0.1, -0.05) is 27.2 Å². The maximum absolute atomic E-state index is 11.9. The standard InChI is InChI=1S/C13H26N2O/c1-9(2)7-8-15-13(16)11-6-4-5-10(3)12(11)14/h9-12H,4-8,14H2,1-3H3,(H,15,16).